The lowest BCUT2D eigenvalue weighted by Gasteiger charge is -2.33. The summed E-state index contributed by atoms with van der Waals surface area (Å²) in [6.07, 6.45) is 0.893. The monoisotopic (exact) mass is 438 g/mol. The van der Waals surface area contributed by atoms with Crippen LogP contribution in [0.1, 0.15) is 50.7 Å². The van der Waals surface area contributed by atoms with Crippen molar-refractivity contribution in [3.63, 3.8) is 0 Å². The Bertz CT molecular complexity index is 885. The molecule has 2 aromatic carbocycles. The van der Waals surface area contributed by atoms with Crippen molar-refractivity contribution in [2.75, 3.05) is 19.7 Å². The van der Waals surface area contributed by atoms with Crippen LogP contribution in [0, 0.1) is 6.92 Å². The van der Waals surface area contributed by atoms with Gasteiger partial charge in [0.25, 0.3) is 11.8 Å². The smallest absolute Gasteiger partial charge is 0.263 e. The van der Waals surface area contributed by atoms with E-state index in [4.69, 9.17) is 9.47 Å². The Kier molecular flexibility index (Phi) is 8.14. The van der Waals surface area contributed by atoms with Crippen molar-refractivity contribution in [1.29, 1.82) is 0 Å². The van der Waals surface area contributed by atoms with Gasteiger partial charge in [0, 0.05) is 19.1 Å². The number of nitrogens with zero attached hydrogens (tertiary/aromatic N) is 1. The van der Waals surface area contributed by atoms with Crippen LogP contribution in [0.4, 0.5) is 0 Å². The number of amides is 2. The highest BCUT2D eigenvalue weighted by Crippen LogP contribution is 2.20. The van der Waals surface area contributed by atoms with Crippen LogP contribution in [0.5, 0.6) is 11.5 Å². The van der Waals surface area contributed by atoms with Gasteiger partial charge in [0.1, 0.15) is 11.5 Å². The number of aryl methyl sites for hydroxylation is 1. The number of ether oxygens (including phenoxy) is 2. The molecular formula is C26H34N2O4. The molecule has 1 saturated heterocycles. The zero-order chi connectivity index (χ0) is 23.1. The maximum absolute atomic E-state index is 12.8. The molecule has 0 spiro atoms. The molecule has 1 aliphatic heterocycles. The van der Waals surface area contributed by atoms with Gasteiger partial charge in [-0.1, -0.05) is 43.7 Å². The van der Waals surface area contributed by atoms with Crippen LogP contribution >= 0.6 is 0 Å². The lowest BCUT2D eigenvalue weighted by atomic mass is 10.0. The fourth-order valence-corrected chi connectivity index (χ4v) is 3.74. The Labute approximate surface area is 190 Å². The Hall–Kier alpha value is -3.02. The van der Waals surface area contributed by atoms with Gasteiger partial charge in [0.15, 0.2) is 12.7 Å². The Morgan fingerprint density at radius 3 is 2.16 bits per heavy atom. The molecule has 0 aromatic heterocycles. The summed E-state index contributed by atoms with van der Waals surface area (Å²) < 4.78 is 11.4. The van der Waals surface area contributed by atoms with Crippen molar-refractivity contribution in [1.82, 2.24) is 10.2 Å². The molecule has 172 valence electrons. The minimum atomic E-state index is -0.547. The van der Waals surface area contributed by atoms with Crippen molar-refractivity contribution in [2.45, 2.75) is 58.6 Å². The molecule has 6 nitrogen and oxygen atoms in total. The molecule has 32 heavy (non-hydrogen) atoms. The van der Waals surface area contributed by atoms with Crippen LogP contribution in [-0.2, 0) is 9.59 Å². The average molecular weight is 439 g/mol. The third-order valence-corrected chi connectivity index (χ3v) is 5.77. The van der Waals surface area contributed by atoms with E-state index >= 15 is 0 Å². The predicted octanol–water partition coefficient (Wildman–Crippen LogP) is 4.07. The van der Waals surface area contributed by atoms with E-state index in [9.17, 15) is 9.59 Å². The Balaban J connectivity index is 1.39. The highest BCUT2D eigenvalue weighted by molar-refractivity contribution is 5.81. The number of benzene rings is 2. The van der Waals surface area contributed by atoms with E-state index in [1.54, 1.807) is 6.92 Å². The van der Waals surface area contributed by atoms with Crippen molar-refractivity contribution in [3.8, 4) is 11.5 Å². The molecule has 2 amide bonds. The van der Waals surface area contributed by atoms with E-state index in [0.29, 0.717) is 30.5 Å². The fourth-order valence-electron chi connectivity index (χ4n) is 3.74. The number of hydrogen-bond acceptors (Lipinski definition) is 4. The second kappa shape index (κ2) is 11.0. The first kappa shape index (κ1) is 23.6. The van der Waals surface area contributed by atoms with Crippen LogP contribution in [0.2, 0.25) is 0 Å². The largest absolute Gasteiger partial charge is 0.484 e. The van der Waals surface area contributed by atoms with Gasteiger partial charge >= 0.3 is 0 Å². The van der Waals surface area contributed by atoms with Crippen molar-refractivity contribution in [3.05, 3.63) is 59.7 Å². The van der Waals surface area contributed by atoms with E-state index in [2.05, 4.69) is 19.2 Å². The molecule has 1 atom stereocenters. The average Bonchev–Trinajstić information content (AvgIpc) is 2.79. The third-order valence-electron chi connectivity index (χ3n) is 5.77. The number of piperidine rings is 1. The normalized spacial score (nSPS) is 15.3. The van der Waals surface area contributed by atoms with Gasteiger partial charge in [-0.05, 0) is 62.4 Å². The highest BCUT2D eigenvalue weighted by Gasteiger charge is 2.27. The van der Waals surface area contributed by atoms with Gasteiger partial charge in [-0.15, -0.1) is 0 Å². The van der Waals surface area contributed by atoms with Crippen LogP contribution < -0.4 is 14.8 Å². The molecule has 0 bridgehead atoms. The zero-order valence-electron chi connectivity index (χ0n) is 19.5. The summed E-state index contributed by atoms with van der Waals surface area (Å²) in [7, 11) is 0. The highest BCUT2D eigenvalue weighted by atomic mass is 16.5. The van der Waals surface area contributed by atoms with Gasteiger partial charge in [0.05, 0.1) is 0 Å². The van der Waals surface area contributed by atoms with Gasteiger partial charge in [-0.2, -0.15) is 0 Å². The van der Waals surface area contributed by atoms with Gasteiger partial charge in [0.2, 0.25) is 0 Å². The first-order valence-electron chi connectivity index (χ1n) is 11.4. The van der Waals surface area contributed by atoms with Gasteiger partial charge in [-0.25, -0.2) is 0 Å². The minimum Gasteiger partial charge on any atom is -0.484 e. The summed E-state index contributed by atoms with van der Waals surface area (Å²) in [6, 6.07) is 15.6. The molecule has 1 fully saturated rings. The molecule has 2 aromatic rings. The number of nitrogens with one attached hydrogen (secondary N) is 1. The van der Waals surface area contributed by atoms with Crippen LogP contribution in [0.15, 0.2) is 48.5 Å². The molecule has 0 radical (unpaired) electrons. The van der Waals surface area contributed by atoms with Crippen molar-refractivity contribution >= 4 is 11.8 Å². The summed E-state index contributed by atoms with van der Waals surface area (Å²) in [5, 5.41) is 3.01. The second-order valence-electron chi connectivity index (χ2n) is 8.75. The molecule has 6 heteroatoms. The van der Waals surface area contributed by atoms with Gasteiger partial charge < -0.3 is 19.7 Å². The maximum atomic E-state index is 12.8. The minimum absolute atomic E-state index is 0.0112. The second-order valence-corrected chi connectivity index (χ2v) is 8.75. The summed E-state index contributed by atoms with van der Waals surface area (Å²) in [6.45, 7) is 9.27. The lowest BCUT2D eigenvalue weighted by Crippen LogP contribution is -2.50. The lowest BCUT2D eigenvalue weighted by molar-refractivity contribution is -0.139. The standard InChI is InChI=1S/C26H34N2O4/c1-18(2)21-7-11-24(12-8-21)32-20(4)26(30)28-15-13-22(14-16-28)27-25(29)17-31-23-9-5-19(3)6-10-23/h5-12,18,20,22H,13-17H2,1-4H3,(H,27,29). The van der Waals surface area contributed by atoms with E-state index in [-0.39, 0.29) is 24.5 Å². The first-order chi connectivity index (χ1) is 15.3. The Morgan fingerprint density at radius 1 is 0.969 bits per heavy atom. The van der Waals surface area contributed by atoms with Crippen LogP contribution in [0.25, 0.3) is 0 Å². The predicted molar refractivity (Wildman–Crippen MR) is 125 cm³/mol. The quantitative estimate of drug-likeness (QED) is 0.675. The summed E-state index contributed by atoms with van der Waals surface area (Å²) >= 11 is 0. The molecular weight excluding hydrogens is 404 g/mol. The number of rotatable bonds is 8. The number of hydrogen-bond donors (Lipinski definition) is 1. The van der Waals surface area contributed by atoms with Crippen molar-refractivity contribution in [2.24, 2.45) is 0 Å². The molecule has 1 unspecified atom stereocenters. The number of carbonyl (C=O) groups is 2. The molecule has 0 saturated carbocycles. The number of likely N-dealkylation sites (tertiary alicyclic amines) is 1. The van der Waals surface area contributed by atoms with E-state index in [1.165, 1.54) is 5.56 Å². The summed E-state index contributed by atoms with van der Waals surface area (Å²) in [5.74, 6) is 1.67. The molecule has 0 aliphatic carbocycles. The van der Waals surface area contributed by atoms with E-state index in [0.717, 1.165) is 18.4 Å². The number of carbonyl (C=O) groups excluding carboxylic acids is 2. The topological polar surface area (TPSA) is 67.9 Å². The first-order valence-corrected chi connectivity index (χ1v) is 11.4. The zero-order valence-corrected chi connectivity index (χ0v) is 19.5. The van der Waals surface area contributed by atoms with Crippen molar-refractivity contribution < 1.29 is 19.1 Å². The van der Waals surface area contributed by atoms with Gasteiger partial charge in [-0.3, -0.25) is 9.59 Å². The maximum Gasteiger partial charge on any atom is 0.263 e. The molecule has 1 heterocycles. The van der Waals surface area contributed by atoms with Crippen LogP contribution in [-0.4, -0.2) is 48.6 Å². The summed E-state index contributed by atoms with van der Waals surface area (Å²) in [4.78, 5) is 26.8. The molecule has 1 N–H and O–H groups in total. The summed E-state index contributed by atoms with van der Waals surface area (Å²) in [5.41, 5.74) is 2.39. The van der Waals surface area contributed by atoms with E-state index in [1.807, 2.05) is 60.4 Å². The fraction of sp³-hybridized carbons (Fsp3) is 0.462. The Morgan fingerprint density at radius 2 is 1.56 bits per heavy atom. The van der Waals surface area contributed by atoms with Crippen LogP contribution in [0.3, 0.4) is 0 Å². The molecule has 3 rings (SSSR count). The third kappa shape index (κ3) is 6.74. The SMILES string of the molecule is Cc1ccc(OCC(=O)NC2CCN(C(=O)C(C)Oc3ccc(C(C)C)cc3)CC2)cc1. The van der Waals surface area contributed by atoms with E-state index < -0.39 is 6.10 Å². The molecule has 1 aliphatic rings.